The Bertz CT molecular complexity index is 1100. The van der Waals surface area contributed by atoms with Crippen LogP contribution in [0.4, 0.5) is 17.5 Å². The monoisotopic (exact) mass is 471 g/mol. The normalized spacial score (nSPS) is 16.2. The highest BCUT2D eigenvalue weighted by Crippen LogP contribution is 2.32. The van der Waals surface area contributed by atoms with Crippen molar-refractivity contribution in [1.82, 2.24) is 19.5 Å². The molecule has 1 unspecified atom stereocenters. The number of hydrogen-bond donors (Lipinski definition) is 4. The van der Waals surface area contributed by atoms with Crippen LogP contribution in [0, 0.1) is 0 Å². The summed E-state index contributed by atoms with van der Waals surface area (Å²) < 4.78 is 2.19. The van der Waals surface area contributed by atoms with Gasteiger partial charge in [-0.2, -0.15) is 9.97 Å². The van der Waals surface area contributed by atoms with Gasteiger partial charge in [0.05, 0.1) is 18.0 Å². The summed E-state index contributed by atoms with van der Waals surface area (Å²) in [6, 6.07) is 5.62. The number of fused-ring (bicyclic) bond motifs is 1. The third-order valence-corrected chi connectivity index (χ3v) is 6.74. The van der Waals surface area contributed by atoms with E-state index in [0.29, 0.717) is 35.1 Å². The number of nitrogens with one attached hydrogen (secondary N) is 2. The van der Waals surface area contributed by atoms with E-state index in [1.54, 1.807) is 26.0 Å². The van der Waals surface area contributed by atoms with Gasteiger partial charge in [0.25, 0.3) is 0 Å². The fourth-order valence-corrected chi connectivity index (χ4v) is 4.77. The van der Waals surface area contributed by atoms with Crippen LogP contribution in [-0.4, -0.2) is 36.3 Å². The van der Waals surface area contributed by atoms with E-state index in [9.17, 15) is 5.11 Å². The van der Waals surface area contributed by atoms with E-state index >= 15 is 0 Å². The van der Waals surface area contributed by atoms with E-state index in [1.165, 1.54) is 19.3 Å². The maximum Gasteiger partial charge on any atom is 0.227 e. The maximum atomic E-state index is 10.6. The van der Waals surface area contributed by atoms with Crippen LogP contribution in [0.2, 0.25) is 5.02 Å². The molecule has 0 radical (unpaired) electrons. The van der Waals surface area contributed by atoms with Crippen LogP contribution >= 0.6 is 11.6 Å². The van der Waals surface area contributed by atoms with E-state index in [0.717, 1.165) is 36.0 Å². The molecule has 2 heterocycles. The second-order valence-electron chi connectivity index (χ2n) is 9.47. The van der Waals surface area contributed by atoms with Crippen molar-refractivity contribution < 1.29 is 5.11 Å². The Balaban J connectivity index is 1.71. The number of nitrogens with two attached hydrogens (primary N) is 1. The number of halogens is 1. The minimum atomic E-state index is -0.917. The molecule has 4 rings (SSSR count). The zero-order chi connectivity index (χ0) is 23.6. The summed E-state index contributed by atoms with van der Waals surface area (Å²) >= 11 is 6.17. The highest BCUT2D eigenvalue weighted by atomic mass is 35.5. The second kappa shape index (κ2) is 9.73. The number of aliphatic hydroxyl groups is 1. The van der Waals surface area contributed by atoms with E-state index < -0.39 is 5.60 Å². The van der Waals surface area contributed by atoms with Crippen molar-refractivity contribution >= 4 is 40.2 Å². The molecule has 1 aliphatic carbocycles. The van der Waals surface area contributed by atoms with Gasteiger partial charge in [0.2, 0.25) is 5.95 Å². The fourth-order valence-electron chi connectivity index (χ4n) is 4.57. The van der Waals surface area contributed by atoms with Crippen molar-refractivity contribution in [2.45, 2.75) is 83.5 Å². The Morgan fingerprint density at radius 1 is 1.24 bits per heavy atom. The number of nitrogens with zero attached hydrogens (tertiary/aromatic N) is 4. The largest absolute Gasteiger partial charge is 0.398 e. The van der Waals surface area contributed by atoms with Crippen LogP contribution in [0.1, 0.15) is 70.9 Å². The maximum absolute atomic E-state index is 10.6. The first kappa shape index (κ1) is 23.6. The number of anilines is 3. The first-order chi connectivity index (χ1) is 15.8. The SMILES string of the molecule is CCC(Nc1nc(NCc2cc(Cl)ccc2N)c2ncn(C3CCCCC3)c2n1)C(C)(C)O. The summed E-state index contributed by atoms with van der Waals surface area (Å²) in [6.45, 7) is 6.07. The third kappa shape index (κ3) is 5.33. The van der Waals surface area contributed by atoms with Gasteiger partial charge in [-0.15, -0.1) is 0 Å². The van der Waals surface area contributed by atoms with E-state index in [1.807, 2.05) is 19.3 Å². The molecule has 8 nitrogen and oxygen atoms in total. The van der Waals surface area contributed by atoms with Crippen molar-refractivity contribution in [3.63, 3.8) is 0 Å². The van der Waals surface area contributed by atoms with Crippen molar-refractivity contribution in [3.8, 4) is 0 Å². The van der Waals surface area contributed by atoms with E-state index in [4.69, 9.17) is 27.3 Å². The molecule has 0 saturated heterocycles. The lowest BCUT2D eigenvalue weighted by Crippen LogP contribution is -2.41. The first-order valence-corrected chi connectivity index (χ1v) is 12.1. The Morgan fingerprint density at radius 3 is 2.70 bits per heavy atom. The summed E-state index contributed by atoms with van der Waals surface area (Å²) in [7, 11) is 0. The Hall–Kier alpha value is -2.58. The minimum Gasteiger partial charge on any atom is -0.398 e. The molecule has 9 heteroatoms. The van der Waals surface area contributed by atoms with E-state index in [-0.39, 0.29) is 6.04 Å². The van der Waals surface area contributed by atoms with Gasteiger partial charge in [0.1, 0.15) is 0 Å². The second-order valence-corrected chi connectivity index (χ2v) is 9.90. The average Bonchev–Trinajstić information content (AvgIpc) is 3.22. The summed E-state index contributed by atoms with van der Waals surface area (Å²) in [5, 5.41) is 17.9. The Morgan fingerprint density at radius 2 is 2.00 bits per heavy atom. The van der Waals surface area contributed by atoms with Crippen LogP contribution in [0.15, 0.2) is 24.5 Å². The molecule has 1 atom stereocenters. The topological polar surface area (TPSA) is 114 Å². The molecule has 0 bridgehead atoms. The van der Waals surface area contributed by atoms with Crippen LogP contribution in [-0.2, 0) is 6.54 Å². The zero-order valence-electron chi connectivity index (χ0n) is 19.6. The van der Waals surface area contributed by atoms with Gasteiger partial charge >= 0.3 is 0 Å². The lowest BCUT2D eigenvalue weighted by atomic mass is 9.95. The van der Waals surface area contributed by atoms with Gasteiger partial charge in [-0.05, 0) is 56.9 Å². The van der Waals surface area contributed by atoms with Crippen molar-refractivity contribution in [2.75, 3.05) is 16.4 Å². The molecule has 0 spiro atoms. The number of benzene rings is 1. The Labute approximate surface area is 200 Å². The summed E-state index contributed by atoms with van der Waals surface area (Å²) in [6.07, 6.45) is 8.58. The number of hydrogen-bond acceptors (Lipinski definition) is 7. The van der Waals surface area contributed by atoms with Gasteiger partial charge in [0.15, 0.2) is 17.0 Å². The number of aromatic nitrogens is 4. The predicted octanol–water partition coefficient (Wildman–Crippen LogP) is 5.14. The van der Waals surface area contributed by atoms with Gasteiger partial charge in [-0.1, -0.05) is 37.8 Å². The Kier molecular flexibility index (Phi) is 6.95. The highest BCUT2D eigenvalue weighted by molar-refractivity contribution is 6.30. The molecule has 33 heavy (non-hydrogen) atoms. The van der Waals surface area contributed by atoms with Crippen molar-refractivity contribution in [1.29, 1.82) is 0 Å². The van der Waals surface area contributed by atoms with Gasteiger partial charge in [0, 0.05) is 23.3 Å². The summed E-state index contributed by atoms with van der Waals surface area (Å²) in [5.41, 5.74) is 8.29. The molecule has 1 saturated carbocycles. The molecule has 0 aliphatic heterocycles. The first-order valence-electron chi connectivity index (χ1n) is 11.8. The van der Waals surface area contributed by atoms with Crippen LogP contribution < -0.4 is 16.4 Å². The molecular weight excluding hydrogens is 438 g/mol. The zero-order valence-corrected chi connectivity index (χ0v) is 20.4. The van der Waals surface area contributed by atoms with Crippen LogP contribution in [0.5, 0.6) is 0 Å². The number of rotatable bonds is 8. The van der Waals surface area contributed by atoms with Gasteiger partial charge in [-0.3, -0.25) is 0 Å². The molecule has 1 aromatic carbocycles. The van der Waals surface area contributed by atoms with Gasteiger partial charge < -0.3 is 26.0 Å². The number of imidazole rings is 1. The fraction of sp³-hybridized carbons (Fsp3) is 0.542. The van der Waals surface area contributed by atoms with Crippen LogP contribution in [0.3, 0.4) is 0 Å². The lowest BCUT2D eigenvalue weighted by Gasteiger charge is -2.29. The van der Waals surface area contributed by atoms with Crippen LogP contribution in [0.25, 0.3) is 11.2 Å². The lowest BCUT2D eigenvalue weighted by molar-refractivity contribution is 0.0577. The smallest absolute Gasteiger partial charge is 0.227 e. The quantitative estimate of drug-likeness (QED) is 0.336. The highest BCUT2D eigenvalue weighted by Gasteiger charge is 2.27. The van der Waals surface area contributed by atoms with Crippen molar-refractivity contribution in [2.24, 2.45) is 0 Å². The molecule has 2 aromatic heterocycles. The van der Waals surface area contributed by atoms with E-state index in [2.05, 4.69) is 20.2 Å². The molecule has 0 amide bonds. The standard InChI is InChI=1S/C24H34ClN7O/c1-4-19(24(2,3)33)29-23-30-21(27-13-15-12-16(25)10-11-18(15)26)20-22(31-23)32(14-28-20)17-8-6-5-7-9-17/h10-12,14,17,19,33H,4-9,13,26H2,1-3H3,(H2,27,29,30,31). The van der Waals surface area contributed by atoms with Crippen molar-refractivity contribution in [3.05, 3.63) is 35.1 Å². The van der Waals surface area contributed by atoms with Gasteiger partial charge in [-0.25, -0.2) is 4.98 Å². The predicted molar refractivity (Wildman–Crippen MR) is 135 cm³/mol. The summed E-state index contributed by atoms with van der Waals surface area (Å²) in [4.78, 5) is 14.3. The molecule has 178 valence electrons. The average molecular weight is 472 g/mol. The molecule has 5 N–H and O–H groups in total. The molecule has 1 aliphatic rings. The molecule has 3 aromatic rings. The summed E-state index contributed by atoms with van der Waals surface area (Å²) in [5.74, 6) is 1.10. The third-order valence-electron chi connectivity index (χ3n) is 6.51. The minimum absolute atomic E-state index is 0.197. The molecular formula is C24H34ClN7O. The number of nitrogen functional groups attached to an aromatic ring is 1. The molecule has 1 fully saturated rings.